The molecule has 1 fully saturated rings. The highest BCUT2D eigenvalue weighted by atomic mass is 16.7. The van der Waals surface area contributed by atoms with E-state index >= 15 is 0 Å². The smallest absolute Gasteiger partial charge is 0.201 e. The molecule has 41 heavy (non-hydrogen) atoms. The monoisotopic (exact) mass is 574 g/mol. The topological polar surface area (TPSA) is 199 Å². The van der Waals surface area contributed by atoms with Gasteiger partial charge in [0.15, 0.2) is 23.5 Å². The first kappa shape index (κ1) is 29.1. The van der Waals surface area contributed by atoms with Crippen molar-refractivity contribution in [2.75, 3.05) is 21.3 Å². The van der Waals surface area contributed by atoms with Crippen molar-refractivity contribution >= 4 is 17.3 Å². The van der Waals surface area contributed by atoms with Crippen molar-refractivity contribution in [3.63, 3.8) is 0 Å². The lowest BCUT2D eigenvalue weighted by molar-refractivity contribution is -0.321. The minimum absolute atomic E-state index is 0.102. The number of aliphatic hydroxyl groups excluding tert-OH is 2. The second kappa shape index (κ2) is 10.1. The summed E-state index contributed by atoms with van der Waals surface area (Å²) in [6, 6.07) is 3.48. The van der Waals surface area contributed by atoms with Gasteiger partial charge in [0.1, 0.15) is 47.8 Å². The average Bonchev–Trinajstić information content (AvgIpc) is 2.92. The number of benzene rings is 2. The van der Waals surface area contributed by atoms with E-state index in [9.17, 15) is 39.9 Å². The highest BCUT2D eigenvalue weighted by molar-refractivity contribution is 6.31. The van der Waals surface area contributed by atoms with Gasteiger partial charge < -0.3 is 49.2 Å². The first-order valence-electron chi connectivity index (χ1n) is 12.7. The third kappa shape index (κ3) is 4.15. The lowest BCUT2D eigenvalue weighted by Crippen LogP contribution is -2.60. The van der Waals surface area contributed by atoms with E-state index < -0.39 is 82.9 Å². The van der Waals surface area contributed by atoms with Crippen molar-refractivity contribution in [2.24, 2.45) is 0 Å². The number of methoxy groups -OCH3 is 3. The molecule has 1 aliphatic heterocycles. The molecule has 0 aromatic heterocycles. The van der Waals surface area contributed by atoms with Crippen molar-refractivity contribution in [3.8, 4) is 17.2 Å². The number of ketones is 3. The Morgan fingerprint density at radius 1 is 0.878 bits per heavy atom. The van der Waals surface area contributed by atoms with Gasteiger partial charge in [0.25, 0.3) is 0 Å². The summed E-state index contributed by atoms with van der Waals surface area (Å²) in [5.41, 5.74) is -4.24. The minimum Gasteiger partial charge on any atom is -0.507 e. The van der Waals surface area contributed by atoms with E-state index in [0.717, 1.165) is 12.1 Å². The molecule has 1 saturated heterocycles. The van der Waals surface area contributed by atoms with Gasteiger partial charge in [0.05, 0.1) is 24.3 Å². The maximum Gasteiger partial charge on any atom is 0.201 e. The first-order chi connectivity index (χ1) is 19.3. The number of hydrogen-bond acceptors (Lipinski definition) is 13. The van der Waals surface area contributed by atoms with Gasteiger partial charge in [0.2, 0.25) is 5.78 Å². The van der Waals surface area contributed by atoms with Crippen LogP contribution in [0.4, 0.5) is 0 Å². The number of fused-ring (bicyclic) bond motifs is 3. The molecule has 0 saturated carbocycles. The molecule has 0 radical (unpaired) electrons. The van der Waals surface area contributed by atoms with Crippen molar-refractivity contribution < 1.29 is 63.6 Å². The highest BCUT2D eigenvalue weighted by Crippen LogP contribution is 2.49. The predicted molar refractivity (Wildman–Crippen MR) is 136 cm³/mol. The fraction of sp³-hybridized carbons (Fsp3) is 0.464. The van der Waals surface area contributed by atoms with Gasteiger partial charge in [-0.05, 0) is 26.0 Å². The Hall–Kier alpha value is -3.43. The van der Waals surface area contributed by atoms with E-state index in [-0.39, 0.29) is 33.6 Å². The van der Waals surface area contributed by atoms with Gasteiger partial charge in [-0.25, -0.2) is 0 Å². The van der Waals surface area contributed by atoms with Crippen LogP contribution in [0.1, 0.15) is 67.7 Å². The van der Waals surface area contributed by atoms with Gasteiger partial charge in [0, 0.05) is 42.5 Å². The van der Waals surface area contributed by atoms with Crippen molar-refractivity contribution in [2.45, 2.75) is 62.4 Å². The van der Waals surface area contributed by atoms with Gasteiger partial charge in [-0.1, -0.05) is 0 Å². The zero-order valence-electron chi connectivity index (χ0n) is 22.8. The summed E-state index contributed by atoms with van der Waals surface area (Å²) in [5, 5.41) is 54.2. The fourth-order valence-corrected chi connectivity index (χ4v) is 5.82. The lowest BCUT2D eigenvalue weighted by atomic mass is 9.72. The molecule has 1 heterocycles. The van der Waals surface area contributed by atoms with Crippen LogP contribution in [-0.4, -0.2) is 107 Å². The maximum atomic E-state index is 13.6. The molecular weight excluding hydrogens is 544 g/mol. The standard InChI is InChI=1S/C28H30O13/c1-9-18(30)22(34)24(38-4)27(40-9)41-23-17-13(25(35)28(2,36)26(23)39-5)8-12-16(21(17)33)20(32)15-11(19(12)31)6-10(37-3)7-14(15)29/h6-9,18,22-24,26-27,29-30,33-34,36H,1-5H3/t9-,18-,22+,23?,24+,26?,27?,28?/m0/s1. The Kier molecular flexibility index (Phi) is 7.19. The normalized spacial score (nSPS) is 32.8. The number of aliphatic hydroxyl groups is 3. The number of carbonyl (C=O) groups excluding carboxylic acids is 3. The highest BCUT2D eigenvalue weighted by Gasteiger charge is 2.56. The SMILES string of the molecule is COc1cc(O)c2c(c1)C(=O)c1cc3c(c(O)c1C2=O)C(OC1O[C@@H](C)[C@H](O)[C@@H](O)[C@H]1OC)C(OC)C(C)(O)C3=O. The second-order valence-electron chi connectivity index (χ2n) is 10.4. The zero-order chi connectivity index (χ0) is 30.1. The summed E-state index contributed by atoms with van der Waals surface area (Å²) in [7, 11) is 3.75. The van der Waals surface area contributed by atoms with Crippen LogP contribution in [0.5, 0.6) is 17.2 Å². The summed E-state index contributed by atoms with van der Waals surface area (Å²) in [6.45, 7) is 2.65. The number of phenolic OH excluding ortho intramolecular Hbond substituents is 2. The molecule has 8 atom stereocenters. The van der Waals surface area contributed by atoms with Crippen LogP contribution in [0.3, 0.4) is 0 Å². The van der Waals surface area contributed by atoms with Crippen LogP contribution >= 0.6 is 0 Å². The Bertz CT molecular complexity index is 1450. The van der Waals surface area contributed by atoms with E-state index in [1.807, 2.05) is 0 Å². The molecule has 13 heteroatoms. The van der Waals surface area contributed by atoms with E-state index in [1.165, 1.54) is 41.2 Å². The molecule has 0 spiro atoms. The van der Waals surface area contributed by atoms with Crippen LogP contribution in [0, 0.1) is 0 Å². The third-order valence-electron chi connectivity index (χ3n) is 8.02. The van der Waals surface area contributed by atoms with Crippen LogP contribution in [0.2, 0.25) is 0 Å². The maximum absolute atomic E-state index is 13.6. The van der Waals surface area contributed by atoms with Gasteiger partial charge in [-0.15, -0.1) is 0 Å². The predicted octanol–water partition coefficient (Wildman–Crippen LogP) is 0.383. The molecule has 2 aromatic carbocycles. The van der Waals surface area contributed by atoms with Gasteiger partial charge >= 0.3 is 0 Å². The molecule has 4 unspecified atom stereocenters. The Balaban J connectivity index is 1.71. The summed E-state index contributed by atoms with van der Waals surface area (Å²) in [5.74, 6) is -3.85. The van der Waals surface area contributed by atoms with E-state index in [4.69, 9.17) is 23.7 Å². The average molecular weight is 575 g/mol. The largest absolute Gasteiger partial charge is 0.507 e. The van der Waals surface area contributed by atoms with Crippen LogP contribution in [0.25, 0.3) is 0 Å². The van der Waals surface area contributed by atoms with E-state index in [1.54, 1.807) is 0 Å². The Morgan fingerprint density at radius 3 is 2.15 bits per heavy atom. The molecule has 3 aliphatic rings. The van der Waals surface area contributed by atoms with E-state index in [0.29, 0.717) is 0 Å². The Labute approximate surface area is 233 Å². The molecule has 2 aliphatic carbocycles. The molecule has 2 aromatic rings. The second-order valence-corrected chi connectivity index (χ2v) is 10.4. The third-order valence-corrected chi connectivity index (χ3v) is 8.02. The van der Waals surface area contributed by atoms with Crippen molar-refractivity contribution in [1.82, 2.24) is 0 Å². The summed E-state index contributed by atoms with van der Waals surface area (Å²) >= 11 is 0. The van der Waals surface area contributed by atoms with E-state index in [2.05, 4.69) is 0 Å². The minimum atomic E-state index is -2.25. The quantitative estimate of drug-likeness (QED) is 0.281. The lowest BCUT2D eigenvalue weighted by Gasteiger charge is -2.46. The van der Waals surface area contributed by atoms with Gasteiger partial charge in [-0.2, -0.15) is 0 Å². The number of rotatable bonds is 5. The summed E-state index contributed by atoms with van der Waals surface area (Å²) in [4.78, 5) is 40.7. The molecule has 5 N–H and O–H groups in total. The molecular formula is C28H30O13. The van der Waals surface area contributed by atoms with Crippen molar-refractivity contribution in [1.29, 1.82) is 0 Å². The molecule has 13 nitrogen and oxygen atoms in total. The number of hydrogen-bond donors (Lipinski definition) is 5. The van der Waals surface area contributed by atoms with Crippen LogP contribution < -0.4 is 4.74 Å². The number of Topliss-reactive ketones (excluding diaryl/α,β-unsaturated/α-hetero) is 1. The first-order valence-corrected chi connectivity index (χ1v) is 12.7. The Morgan fingerprint density at radius 2 is 1.54 bits per heavy atom. The number of aromatic hydroxyl groups is 2. The number of phenols is 2. The number of ether oxygens (including phenoxy) is 5. The fourth-order valence-electron chi connectivity index (χ4n) is 5.82. The summed E-state index contributed by atoms with van der Waals surface area (Å²) in [6.07, 6.45) is -9.35. The van der Waals surface area contributed by atoms with Gasteiger partial charge in [-0.3, -0.25) is 14.4 Å². The van der Waals surface area contributed by atoms with Crippen LogP contribution in [0.15, 0.2) is 18.2 Å². The molecule has 5 rings (SSSR count). The van der Waals surface area contributed by atoms with Crippen LogP contribution in [-0.2, 0) is 18.9 Å². The van der Waals surface area contributed by atoms with Crippen molar-refractivity contribution in [3.05, 3.63) is 51.6 Å². The molecule has 0 amide bonds. The molecule has 0 bridgehead atoms. The zero-order valence-corrected chi connectivity index (χ0v) is 22.8. The summed E-state index contributed by atoms with van der Waals surface area (Å²) < 4.78 is 27.7. The number of carbonyl (C=O) groups is 3. The molecule has 220 valence electrons.